The van der Waals surface area contributed by atoms with E-state index in [9.17, 15) is 4.39 Å². The van der Waals surface area contributed by atoms with E-state index in [4.69, 9.17) is 9.84 Å². The second kappa shape index (κ2) is 6.74. The van der Waals surface area contributed by atoms with Crippen molar-refractivity contribution in [2.75, 3.05) is 6.61 Å². The maximum absolute atomic E-state index is 13.5. The van der Waals surface area contributed by atoms with Gasteiger partial charge in [-0.3, -0.25) is 0 Å². The number of hydrogen-bond acceptors (Lipinski definition) is 2. The van der Waals surface area contributed by atoms with Crippen molar-refractivity contribution < 1.29 is 14.2 Å². The summed E-state index contributed by atoms with van der Waals surface area (Å²) in [5, 5.41) is 8.66. The molecule has 20 heavy (non-hydrogen) atoms. The molecule has 1 N–H and O–H groups in total. The van der Waals surface area contributed by atoms with Gasteiger partial charge in [0.1, 0.15) is 24.8 Å². The van der Waals surface area contributed by atoms with E-state index in [1.165, 1.54) is 12.1 Å². The van der Waals surface area contributed by atoms with Crippen molar-refractivity contribution >= 4 is 0 Å². The summed E-state index contributed by atoms with van der Waals surface area (Å²) >= 11 is 0. The molecular weight excluding hydrogens is 255 g/mol. The molecule has 3 heteroatoms. The average molecular weight is 270 g/mol. The fourth-order valence-corrected chi connectivity index (χ4v) is 1.83. The number of aryl methyl sites for hydroxylation is 1. The highest BCUT2D eigenvalue weighted by molar-refractivity contribution is 5.38. The Hall–Kier alpha value is -2.31. The molecule has 0 aromatic heterocycles. The molecule has 2 aromatic rings. The predicted octanol–water partition coefficient (Wildman–Crippen LogP) is 3.06. The highest BCUT2D eigenvalue weighted by atomic mass is 19.1. The standard InChI is InChI=1S/C17H15FO2/c1-13-5-2-3-7-17(13)20-12-15-9-14(6-4-8-19)10-16(18)11-15/h2-3,5,7,9-11,19H,8,12H2,1H3. The van der Waals surface area contributed by atoms with Crippen molar-refractivity contribution in [3.05, 3.63) is 65.0 Å². The van der Waals surface area contributed by atoms with Gasteiger partial charge in [0.2, 0.25) is 0 Å². The lowest BCUT2D eigenvalue weighted by Crippen LogP contribution is -1.98. The maximum atomic E-state index is 13.5. The third-order valence-corrected chi connectivity index (χ3v) is 2.76. The van der Waals surface area contributed by atoms with Gasteiger partial charge in [0, 0.05) is 5.56 Å². The van der Waals surface area contributed by atoms with Crippen molar-refractivity contribution in [1.82, 2.24) is 0 Å². The van der Waals surface area contributed by atoms with Crippen LogP contribution in [0, 0.1) is 24.6 Å². The highest BCUT2D eigenvalue weighted by Gasteiger charge is 2.02. The fourth-order valence-electron chi connectivity index (χ4n) is 1.83. The normalized spacial score (nSPS) is 9.75. The molecule has 0 radical (unpaired) electrons. The number of aliphatic hydroxyl groups excluding tert-OH is 1. The summed E-state index contributed by atoms with van der Waals surface area (Å²) in [7, 11) is 0. The van der Waals surface area contributed by atoms with Gasteiger partial charge in [0.05, 0.1) is 0 Å². The second-order valence-corrected chi connectivity index (χ2v) is 4.36. The monoisotopic (exact) mass is 270 g/mol. The number of hydrogen-bond donors (Lipinski definition) is 1. The molecule has 0 amide bonds. The van der Waals surface area contributed by atoms with Gasteiger partial charge in [0.25, 0.3) is 0 Å². The van der Waals surface area contributed by atoms with Crippen LogP contribution in [-0.4, -0.2) is 11.7 Å². The molecule has 0 fully saturated rings. The zero-order chi connectivity index (χ0) is 14.4. The summed E-state index contributed by atoms with van der Waals surface area (Å²) in [4.78, 5) is 0. The van der Waals surface area contributed by atoms with Gasteiger partial charge in [-0.1, -0.05) is 30.0 Å². The molecule has 102 valence electrons. The molecule has 0 unspecified atom stereocenters. The first-order valence-corrected chi connectivity index (χ1v) is 6.26. The van der Waals surface area contributed by atoms with Gasteiger partial charge in [0.15, 0.2) is 0 Å². The largest absolute Gasteiger partial charge is 0.489 e. The van der Waals surface area contributed by atoms with Crippen LogP contribution in [0.2, 0.25) is 0 Å². The minimum Gasteiger partial charge on any atom is -0.489 e. The van der Waals surface area contributed by atoms with Crippen LogP contribution in [0.25, 0.3) is 0 Å². The molecule has 2 rings (SSSR count). The molecule has 0 heterocycles. The molecule has 0 aliphatic rings. The summed E-state index contributed by atoms with van der Waals surface area (Å²) in [5.74, 6) is 5.60. The number of aliphatic hydroxyl groups is 1. The van der Waals surface area contributed by atoms with Gasteiger partial charge in [-0.25, -0.2) is 4.39 Å². The summed E-state index contributed by atoms with van der Waals surface area (Å²) in [6.45, 7) is 1.99. The number of ether oxygens (including phenoxy) is 1. The van der Waals surface area contributed by atoms with Crippen molar-refractivity contribution in [2.24, 2.45) is 0 Å². The molecule has 2 aromatic carbocycles. The third-order valence-electron chi connectivity index (χ3n) is 2.76. The first kappa shape index (κ1) is 14.1. The SMILES string of the molecule is Cc1ccccc1OCc1cc(F)cc(C#CCO)c1. The average Bonchev–Trinajstić information content (AvgIpc) is 2.44. The van der Waals surface area contributed by atoms with Crippen LogP contribution < -0.4 is 4.74 Å². The highest BCUT2D eigenvalue weighted by Crippen LogP contribution is 2.18. The van der Waals surface area contributed by atoms with E-state index in [1.807, 2.05) is 31.2 Å². The van der Waals surface area contributed by atoms with E-state index in [1.54, 1.807) is 6.07 Å². The quantitative estimate of drug-likeness (QED) is 0.869. The summed E-state index contributed by atoms with van der Waals surface area (Å²) in [6.07, 6.45) is 0. The zero-order valence-electron chi connectivity index (χ0n) is 11.2. The Balaban J connectivity index is 2.13. The fraction of sp³-hybridized carbons (Fsp3) is 0.176. The van der Waals surface area contributed by atoms with E-state index in [0.717, 1.165) is 11.3 Å². The van der Waals surface area contributed by atoms with E-state index in [-0.39, 0.29) is 19.0 Å². The lowest BCUT2D eigenvalue weighted by molar-refractivity contribution is 0.303. The molecule has 0 spiro atoms. The number of benzene rings is 2. The zero-order valence-corrected chi connectivity index (χ0v) is 11.2. The number of rotatable bonds is 3. The second-order valence-electron chi connectivity index (χ2n) is 4.36. The predicted molar refractivity (Wildman–Crippen MR) is 75.9 cm³/mol. The van der Waals surface area contributed by atoms with Crippen LogP contribution in [0.1, 0.15) is 16.7 Å². The topological polar surface area (TPSA) is 29.5 Å². The Labute approximate surface area is 117 Å². The van der Waals surface area contributed by atoms with Crippen molar-refractivity contribution in [3.63, 3.8) is 0 Å². The summed E-state index contributed by atoms with van der Waals surface area (Å²) in [6, 6.07) is 12.2. The minimum absolute atomic E-state index is 0.244. The Bertz CT molecular complexity index is 654. The minimum atomic E-state index is -0.363. The first-order valence-electron chi connectivity index (χ1n) is 6.26. The third kappa shape index (κ3) is 3.84. The van der Waals surface area contributed by atoms with Gasteiger partial charge in [-0.15, -0.1) is 0 Å². The van der Waals surface area contributed by atoms with Gasteiger partial charge in [-0.05, 0) is 42.3 Å². The molecule has 2 nitrogen and oxygen atoms in total. The molecule has 0 saturated heterocycles. The smallest absolute Gasteiger partial charge is 0.124 e. The molecule has 0 atom stereocenters. The van der Waals surface area contributed by atoms with E-state index in [0.29, 0.717) is 11.1 Å². The lowest BCUT2D eigenvalue weighted by atomic mass is 10.1. The Morgan fingerprint density at radius 1 is 1.20 bits per heavy atom. The van der Waals surface area contributed by atoms with Crippen LogP contribution in [0.4, 0.5) is 4.39 Å². The van der Waals surface area contributed by atoms with E-state index in [2.05, 4.69) is 11.8 Å². The van der Waals surface area contributed by atoms with Crippen LogP contribution in [-0.2, 0) is 6.61 Å². The molecule has 0 saturated carbocycles. The van der Waals surface area contributed by atoms with Crippen LogP contribution in [0.3, 0.4) is 0 Å². The van der Waals surface area contributed by atoms with Crippen LogP contribution in [0.15, 0.2) is 42.5 Å². The van der Waals surface area contributed by atoms with Crippen molar-refractivity contribution in [2.45, 2.75) is 13.5 Å². The molecule has 0 aliphatic heterocycles. The summed E-state index contributed by atoms with van der Waals surface area (Å²) < 4.78 is 19.1. The Morgan fingerprint density at radius 2 is 2.00 bits per heavy atom. The van der Waals surface area contributed by atoms with Gasteiger partial charge in [-0.2, -0.15) is 0 Å². The van der Waals surface area contributed by atoms with E-state index < -0.39 is 0 Å². The van der Waals surface area contributed by atoms with Crippen molar-refractivity contribution in [1.29, 1.82) is 0 Å². The number of halogens is 1. The molecule has 0 bridgehead atoms. The molecule has 0 aliphatic carbocycles. The Kier molecular flexibility index (Phi) is 4.75. The molecular formula is C17H15FO2. The van der Waals surface area contributed by atoms with Gasteiger partial charge < -0.3 is 9.84 Å². The summed E-state index contributed by atoms with van der Waals surface area (Å²) in [5.41, 5.74) is 2.27. The van der Waals surface area contributed by atoms with E-state index >= 15 is 0 Å². The van der Waals surface area contributed by atoms with Crippen LogP contribution >= 0.6 is 0 Å². The van der Waals surface area contributed by atoms with Gasteiger partial charge >= 0.3 is 0 Å². The maximum Gasteiger partial charge on any atom is 0.124 e. The van der Waals surface area contributed by atoms with Crippen molar-refractivity contribution in [3.8, 4) is 17.6 Å². The number of para-hydroxylation sites is 1. The first-order chi connectivity index (χ1) is 9.69. The Morgan fingerprint density at radius 3 is 2.75 bits per heavy atom. The van der Waals surface area contributed by atoms with Crippen LogP contribution in [0.5, 0.6) is 5.75 Å². The lowest BCUT2D eigenvalue weighted by Gasteiger charge is -2.09.